The molecule has 1 aromatic carbocycles. The van der Waals surface area contributed by atoms with Gasteiger partial charge >= 0.3 is 12.1 Å². The number of carboxylic acids is 1. The Hall–Kier alpha value is -2.05. The van der Waals surface area contributed by atoms with Crippen molar-refractivity contribution in [2.75, 3.05) is 11.4 Å². The maximum absolute atomic E-state index is 12.7. The largest absolute Gasteiger partial charge is 0.480 e. The van der Waals surface area contributed by atoms with Gasteiger partial charge in [0.1, 0.15) is 6.04 Å². The SMILES string of the molecule is CCN(c1cc(C(F)(F)F)ccc1C=O)C(C)C(=O)O. The lowest BCUT2D eigenvalue weighted by Gasteiger charge is -2.29. The molecule has 1 N–H and O–H groups in total. The number of carbonyl (C=O) groups is 2. The minimum atomic E-state index is -4.55. The van der Waals surface area contributed by atoms with Gasteiger partial charge in [-0.1, -0.05) is 0 Å². The zero-order valence-corrected chi connectivity index (χ0v) is 10.9. The summed E-state index contributed by atoms with van der Waals surface area (Å²) < 4.78 is 38.1. The van der Waals surface area contributed by atoms with E-state index in [2.05, 4.69) is 0 Å². The number of carboxylic acid groups (broad SMARTS) is 1. The van der Waals surface area contributed by atoms with Gasteiger partial charge in [-0.15, -0.1) is 0 Å². The molecule has 1 aromatic rings. The third-order valence-corrected chi connectivity index (χ3v) is 2.96. The highest BCUT2D eigenvalue weighted by atomic mass is 19.4. The summed E-state index contributed by atoms with van der Waals surface area (Å²) in [5, 5.41) is 8.99. The van der Waals surface area contributed by atoms with Gasteiger partial charge in [0, 0.05) is 17.8 Å². The minimum absolute atomic E-state index is 0.0212. The third kappa shape index (κ3) is 3.28. The van der Waals surface area contributed by atoms with Crippen LogP contribution < -0.4 is 4.90 Å². The predicted molar refractivity (Wildman–Crippen MR) is 66.9 cm³/mol. The standard InChI is InChI=1S/C13H14F3NO3/c1-3-17(8(2)12(19)20)11-6-10(13(14,15)16)5-4-9(11)7-18/h4-8H,3H2,1-2H3,(H,19,20). The highest BCUT2D eigenvalue weighted by molar-refractivity contribution is 5.87. The van der Waals surface area contributed by atoms with Crippen LogP contribution in [0, 0.1) is 0 Å². The van der Waals surface area contributed by atoms with Gasteiger partial charge in [0.2, 0.25) is 0 Å². The highest BCUT2D eigenvalue weighted by Gasteiger charge is 2.32. The first kappa shape index (κ1) is 16.0. The second kappa shape index (κ2) is 5.94. The number of alkyl halides is 3. The van der Waals surface area contributed by atoms with Crippen molar-refractivity contribution in [1.29, 1.82) is 0 Å². The Morgan fingerprint density at radius 1 is 1.45 bits per heavy atom. The van der Waals surface area contributed by atoms with Crippen molar-refractivity contribution < 1.29 is 27.9 Å². The van der Waals surface area contributed by atoms with Crippen LogP contribution in [0.3, 0.4) is 0 Å². The quantitative estimate of drug-likeness (QED) is 0.847. The summed E-state index contributed by atoms with van der Waals surface area (Å²) in [6.07, 6.45) is -4.14. The van der Waals surface area contributed by atoms with E-state index in [1.807, 2.05) is 0 Å². The fourth-order valence-corrected chi connectivity index (χ4v) is 1.85. The zero-order valence-electron chi connectivity index (χ0n) is 10.9. The topological polar surface area (TPSA) is 57.6 Å². The Kier molecular flexibility index (Phi) is 4.75. The van der Waals surface area contributed by atoms with Crippen LogP contribution in [-0.2, 0) is 11.0 Å². The first-order valence-corrected chi connectivity index (χ1v) is 5.88. The van der Waals surface area contributed by atoms with Gasteiger partial charge in [-0.05, 0) is 32.0 Å². The maximum Gasteiger partial charge on any atom is 0.416 e. The number of halogens is 3. The molecule has 0 aromatic heterocycles. The molecule has 1 unspecified atom stereocenters. The number of anilines is 1. The molecule has 0 heterocycles. The van der Waals surface area contributed by atoms with Gasteiger partial charge in [-0.3, -0.25) is 4.79 Å². The van der Waals surface area contributed by atoms with Crippen molar-refractivity contribution >= 4 is 17.9 Å². The van der Waals surface area contributed by atoms with Crippen molar-refractivity contribution in [2.45, 2.75) is 26.1 Å². The van der Waals surface area contributed by atoms with Crippen molar-refractivity contribution in [3.63, 3.8) is 0 Å². The zero-order chi connectivity index (χ0) is 15.5. The van der Waals surface area contributed by atoms with Crippen LogP contribution in [0.2, 0.25) is 0 Å². The monoisotopic (exact) mass is 289 g/mol. The number of likely N-dealkylation sites (N-methyl/N-ethyl adjacent to an activating group) is 1. The molecule has 0 aliphatic carbocycles. The van der Waals surface area contributed by atoms with E-state index in [0.29, 0.717) is 6.29 Å². The molecule has 0 fully saturated rings. The summed E-state index contributed by atoms with van der Waals surface area (Å²) in [6.45, 7) is 3.12. The van der Waals surface area contributed by atoms with Gasteiger partial charge in [0.15, 0.2) is 6.29 Å². The van der Waals surface area contributed by atoms with E-state index in [1.54, 1.807) is 6.92 Å². The van der Waals surface area contributed by atoms with Crippen LogP contribution in [0.5, 0.6) is 0 Å². The Morgan fingerprint density at radius 2 is 2.05 bits per heavy atom. The van der Waals surface area contributed by atoms with E-state index < -0.39 is 23.8 Å². The van der Waals surface area contributed by atoms with Crippen LogP contribution in [0.15, 0.2) is 18.2 Å². The smallest absolute Gasteiger partial charge is 0.416 e. The van der Waals surface area contributed by atoms with Crippen molar-refractivity contribution in [3.8, 4) is 0 Å². The molecular formula is C13H14F3NO3. The van der Waals surface area contributed by atoms with E-state index >= 15 is 0 Å². The molecule has 1 rings (SSSR count). The Balaban J connectivity index is 3.38. The third-order valence-electron chi connectivity index (χ3n) is 2.96. The van der Waals surface area contributed by atoms with Gasteiger partial charge in [-0.2, -0.15) is 13.2 Å². The van der Waals surface area contributed by atoms with Crippen LogP contribution in [-0.4, -0.2) is 29.9 Å². The molecule has 0 spiro atoms. The van der Waals surface area contributed by atoms with E-state index in [-0.39, 0.29) is 17.8 Å². The number of carbonyl (C=O) groups excluding carboxylic acids is 1. The first-order chi connectivity index (χ1) is 9.22. The number of aliphatic carboxylic acids is 1. The van der Waals surface area contributed by atoms with Gasteiger partial charge < -0.3 is 10.0 Å². The van der Waals surface area contributed by atoms with E-state index in [1.165, 1.54) is 11.8 Å². The minimum Gasteiger partial charge on any atom is -0.480 e. The van der Waals surface area contributed by atoms with E-state index in [9.17, 15) is 22.8 Å². The van der Waals surface area contributed by atoms with Gasteiger partial charge in [0.05, 0.1) is 5.56 Å². The fourth-order valence-electron chi connectivity index (χ4n) is 1.85. The summed E-state index contributed by atoms with van der Waals surface area (Å²) in [5.74, 6) is -1.18. The average Bonchev–Trinajstić information content (AvgIpc) is 2.38. The number of hydrogen-bond donors (Lipinski definition) is 1. The Bertz CT molecular complexity index is 514. The lowest BCUT2D eigenvalue weighted by molar-refractivity contribution is -0.138. The normalized spacial score (nSPS) is 12.8. The molecule has 0 saturated carbocycles. The average molecular weight is 289 g/mol. The summed E-state index contributed by atoms with van der Waals surface area (Å²) >= 11 is 0. The van der Waals surface area contributed by atoms with Crippen LogP contribution >= 0.6 is 0 Å². The van der Waals surface area contributed by atoms with E-state index in [4.69, 9.17) is 5.11 Å². The Labute approximate surface area is 113 Å². The number of aldehydes is 1. The summed E-state index contributed by atoms with van der Waals surface area (Å²) in [5.41, 5.74) is -0.936. The van der Waals surface area contributed by atoms with E-state index in [0.717, 1.165) is 18.2 Å². The summed E-state index contributed by atoms with van der Waals surface area (Å²) in [7, 11) is 0. The summed E-state index contributed by atoms with van der Waals surface area (Å²) in [4.78, 5) is 23.2. The molecule has 1 atom stereocenters. The molecule has 7 heteroatoms. The lowest BCUT2D eigenvalue weighted by atomic mass is 10.1. The molecule has 0 amide bonds. The van der Waals surface area contributed by atoms with Gasteiger partial charge in [0.25, 0.3) is 0 Å². The molecular weight excluding hydrogens is 275 g/mol. The Morgan fingerprint density at radius 3 is 2.45 bits per heavy atom. The molecule has 0 aliphatic rings. The molecule has 4 nitrogen and oxygen atoms in total. The number of hydrogen-bond acceptors (Lipinski definition) is 3. The lowest BCUT2D eigenvalue weighted by Crippen LogP contribution is -2.39. The predicted octanol–water partition coefficient (Wildman–Crippen LogP) is 2.82. The summed E-state index contributed by atoms with van der Waals surface area (Å²) in [6, 6.07) is 1.60. The molecule has 0 aliphatic heterocycles. The highest BCUT2D eigenvalue weighted by Crippen LogP contribution is 2.33. The maximum atomic E-state index is 12.7. The fraction of sp³-hybridized carbons (Fsp3) is 0.385. The second-order valence-corrected chi connectivity index (χ2v) is 4.19. The molecule has 20 heavy (non-hydrogen) atoms. The van der Waals surface area contributed by atoms with Gasteiger partial charge in [-0.25, -0.2) is 4.79 Å². The first-order valence-electron chi connectivity index (χ1n) is 5.88. The number of nitrogens with zero attached hydrogens (tertiary/aromatic N) is 1. The molecule has 0 radical (unpaired) electrons. The number of benzene rings is 1. The van der Waals surface area contributed by atoms with Crippen LogP contribution in [0.25, 0.3) is 0 Å². The van der Waals surface area contributed by atoms with Crippen molar-refractivity contribution in [2.24, 2.45) is 0 Å². The van der Waals surface area contributed by atoms with Crippen LogP contribution in [0.4, 0.5) is 18.9 Å². The van der Waals surface area contributed by atoms with Crippen LogP contribution in [0.1, 0.15) is 29.8 Å². The molecule has 0 bridgehead atoms. The van der Waals surface area contributed by atoms with Crippen molar-refractivity contribution in [1.82, 2.24) is 0 Å². The second-order valence-electron chi connectivity index (χ2n) is 4.19. The molecule has 0 saturated heterocycles. The van der Waals surface area contributed by atoms with Crippen molar-refractivity contribution in [3.05, 3.63) is 29.3 Å². The molecule has 110 valence electrons. The number of rotatable bonds is 5.